The largest absolute Gasteiger partial charge is 0.504 e. The fourth-order valence-electron chi connectivity index (χ4n) is 7.71. The van der Waals surface area contributed by atoms with Gasteiger partial charge in [0.2, 0.25) is 12.6 Å². The van der Waals surface area contributed by atoms with Crippen molar-refractivity contribution >= 4 is 29.5 Å². The number of carbonyl (C=O) groups is 3. The number of ether oxygens (including phenoxy) is 5. The Labute approximate surface area is 251 Å². The molecule has 5 aliphatic rings. The van der Waals surface area contributed by atoms with Gasteiger partial charge >= 0.3 is 11.9 Å². The number of thioether (sulfide) groups is 1. The molecule has 13 heteroatoms. The molecule has 12 nitrogen and oxygen atoms in total. The Kier molecular flexibility index (Phi) is 6.58. The highest BCUT2D eigenvalue weighted by atomic mass is 32.2. The molecule has 2 fully saturated rings. The number of piperazine rings is 1. The number of ketones is 1. The van der Waals surface area contributed by atoms with Gasteiger partial charge in [-0.1, -0.05) is 6.07 Å². The van der Waals surface area contributed by atoms with Gasteiger partial charge in [0, 0.05) is 35.2 Å². The number of likely N-dealkylation sites (N-methyl/N-ethyl adjacent to an activating group) is 1. The van der Waals surface area contributed by atoms with Crippen LogP contribution in [0.4, 0.5) is 0 Å². The molecule has 0 radical (unpaired) electrons. The van der Waals surface area contributed by atoms with E-state index in [2.05, 4.69) is 4.90 Å². The molecule has 7 rings (SSSR count). The molecule has 5 aliphatic heterocycles. The number of aryl methyl sites for hydroxylation is 1. The number of rotatable bonds is 2. The van der Waals surface area contributed by atoms with Gasteiger partial charge in [-0.05, 0) is 38.4 Å². The lowest BCUT2D eigenvalue weighted by Gasteiger charge is -2.61. The van der Waals surface area contributed by atoms with Crippen molar-refractivity contribution in [3.05, 3.63) is 39.4 Å². The number of aliphatic hydroxyl groups is 1. The summed E-state index contributed by atoms with van der Waals surface area (Å²) in [4.78, 5) is 42.0. The Morgan fingerprint density at radius 3 is 2.56 bits per heavy atom. The zero-order valence-electron chi connectivity index (χ0n) is 24.3. The average molecular weight is 613 g/mol. The lowest BCUT2D eigenvalue weighted by Crippen LogP contribution is -2.69. The van der Waals surface area contributed by atoms with E-state index in [1.807, 2.05) is 24.9 Å². The molecule has 0 spiro atoms. The second kappa shape index (κ2) is 10.0. The Hall–Kier alpha value is -3.52. The van der Waals surface area contributed by atoms with E-state index in [-0.39, 0.29) is 36.7 Å². The van der Waals surface area contributed by atoms with Crippen LogP contribution >= 0.6 is 11.8 Å². The molecule has 4 bridgehead atoms. The van der Waals surface area contributed by atoms with E-state index in [9.17, 15) is 24.6 Å². The smallest absolute Gasteiger partial charge is 0.375 e. The summed E-state index contributed by atoms with van der Waals surface area (Å²) in [7, 11) is 3.42. The number of Topliss-reactive ketones (excluding diaryl/α,β-unsaturated/α-hetero) is 1. The SMILES string of the molecule is COc1c(C)cc2c(c1O)[C@@H]1C3[C@@H]4SCC(=O)C(=O)OC[C@H](c5c6c(c(C)c(OC(C)=O)c54)OCO6)N3[C@@H](O)[C@H](C2)N1C. The monoisotopic (exact) mass is 612 g/mol. The number of hydrogen-bond donors (Lipinski definition) is 2. The molecule has 0 amide bonds. The van der Waals surface area contributed by atoms with Crippen molar-refractivity contribution in [2.45, 2.75) is 62.8 Å². The van der Waals surface area contributed by atoms with Crippen molar-refractivity contribution in [2.24, 2.45) is 0 Å². The van der Waals surface area contributed by atoms with Crippen LogP contribution in [0.5, 0.6) is 28.7 Å². The fraction of sp³-hybridized carbons (Fsp3) is 0.500. The Bertz CT molecular complexity index is 1590. The minimum atomic E-state index is -1.03. The van der Waals surface area contributed by atoms with Crippen molar-refractivity contribution in [3.63, 3.8) is 0 Å². The molecular weight excluding hydrogens is 580 g/mol. The minimum Gasteiger partial charge on any atom is -0.504 e. The number of aromatic hydroxyl groups is 1. The molecular formula is C30H32N2O10S. The second-order valence-corrected chi connectivity index (χ2v) is 12.7. The van der Waals surface area contributed by atoms with Crippen LogP contribution in [-0.4, -0.2) is 89.4 Å². The summed E-state index contributed by atoms with van der Waals surface area (Å²) in [5, 5.41) is 23.2. The molecule has 0 aromatic heterocycles. The number of carbonyl (C=O) groups excluding carboxylic acids is 3. The highest BCUT2D eigenvalue weighted by Crippen LogP contribution is 2.63. The first kappa shape index (κ1) is 28.3. The van der Waals surface area contributed by atoms with E-state index in [4.69, 9.17) is 23.7 Å². The van der Waals surface area contributed by atoms with Gasteiger partial charge in [0.1, 0.15) is 18.6 Å². The lowest BCUT2D eigenvalue weighted by molar-refractivity contribution is -0.184. The minimum absolute atomic E-state index is 0.0203. The van der Waals surface area contributed by atoms with Gasteiger partial charge < -0.3 is 33.9 Å². The molecule has 0 saturated carbocycles. The summed E-state index contributed by atoms with van der Waals surface area (Å²) in [6.07, 6.45) is -0.582. The van der Waals surface area contributed by atoms with Crippen molar-refractivity contribution in [2.75, 3.05) is 33.3 Å². The fourth-order valence-corrected chi connectivity index (χ4v) is 9.04. The summed E-state index contributed by atoms with van der Waals surface area (Å²) in [5.74, 6) is -0.882. The number of esters is 2. The zero-order chi connectivity index (χ0) is 30.5. The molecule has 0 aliphatic carbocycles. The summed E-state index contributed by atoms with van der Waals surface area (Å²) >= 11 is 1.21. The first-order chi connectivity index (χ1) is 20.5. The number of cyclic esters (lactones) is 1. The Morgan fingerprint density at radius 2 is 1.84 bits per heavy atom. The third kappa shape index (κ3) is 3.91. The normalized spacial score (nSPS) is 29.3. The Balaban J connectivity index is 1.55. The van der Waals surface area contributed by atoms with E-state index in [1.54, 1.807) is 6.92 Å². The van der Waals surface area contributed by atoms with Crippen molar-refractivity contribution in [3.8, 4) is 28.7 Å². The molecule has 2 saturated heterocycles. The van der Waals surface area contributed by atoms with Gasteiger partial charge in [-0.2, -0.15) is 0 Å². The van der Waals surface area contributed by atoms with E-state index in [1.165, 1.54) is 25.8 Å². The van der Waals surface area contributed by atoms with Gasteiger partial charge in [0.05, 0.1) is 36.2 Å². The predicted octanol–water partition coefficient (Wildman–Crippen LogP) is 2.23. The van der Waals surface area contributed by atoms with Gasteiger partial charge in [0.25, 0.3) is 0 Å². The lowest BCUT2D eigenvalue weighted by atomic mass is 9.73. The van der Waals surface area contributed by atoms with Gasteiger partial charge in [-0.15, -0.1) is 11.8 Å². The summed E-state index contributed by atoms with van der Waals surface area (Å²) < 4.78 is 28.9. The topological polar surface area (TPSA) is 144 Å². The number of nitrogens with zero attached hydrogens (tertiary/aromatic N) is 2. The molecule has 228 valence electrons. The molecule has 2 aromatic carbocycles. The van der Waals surface area contributed by atoms with Crippen LogP contribution in [0.2, 0.25) is 0 Å². The number of methoxy groups -OCH3 is 1. The van der Waals surface area contributed by atoms with Crippen LogP contribution < -0.4 is 18.9 Å². The number of phenols is 1. The van der Waals surface area contributed by atoms with Crippen LogP contribution in [0.25, 0.3) is 0 Å². The van der Waals surface area contributed by atoms with Crippen molar-refractivity contribution in [1.29, 1.82) is 0 Å². The maximum atomic E-state index is 12.9. The van der Waals surface area contributed by atoms with Crippen LogP contribution in [0.15, 0.2) is 6.07 Å². The highest BCUT2D eigenvalue weighted by molar-refractivity contribution is 8.00. The molecule has 6 atom stereocenters. The summed E-state index contributed by atoms with van der Waals surface area (Å²) in [6, 6.07) is -0.238. The molecule has 2 aromatic rings. The van der Waals surface area contributed by atoms with E-state index in [0.29, 0.717) is 45.9 Å². The molecule has 1 unspecified atom stereocenters. The highest BCUT2D eigenvalue weighted by Gasteiger charge is 2.60. The third-order valence-electron chi connectivity index (χ3n) is 9.37. The van der Waals surface area contributed by atoms with Crippen LogP contribution in [0.3, 0.4) is 0 Å². The maximum absolute atomic E-state index is 12.9. The van der Waals surface area contributed by atoms with Gasteiger partial charge in [0.15, 0.2) is 23.0 Å². The maximum Gasteiger partial charge on any atom is 0.375 e. The van der Waals surface area contributed by atoms with E-state index in [0.717, 1.165) is 11.1 Å². The third-order valence-corrected chi connectivity index (χ3v) is 10.7. The predicted molar refractivity (Wildman–Crippen MR) is 152 cm³/mol. The number of phenolic OH excluding ortho intramolecular Hbond substituents is 1. The van der Waals surface area contributed by atoms with Gasteiger partial charge in [-0.3, -0.25) is 19.4 Å². The van der Waals surface area contributed by atoms with Gasteiger partial charge in [-0.25, -0.2) is 4.79 Å². The van der Waals surface area contributed by atoms with Crippen molar-refractivity contribution < 1.29 is 48.3 Å². The first-order valence-electron chi connectivity index (χ1n) is 14.1. The first-order valence-corrected chi connectivity index (χ1v) is 15.1. The standard InChI is InChI=1S/C30H32N2O10S/c1-11-6-14-7-15-29(36)32-16-8-39-30(37)17(34)9-43-28(22(32)21(31(15)4)18(14)23(35)24(11)38-5)20-19(16)27-26(40-10-41-27)12(2)25(20)42-13(3)33/h6,15-16,21-22,28-29,35-36H,7-10H2,1-5H3/t15-,16+,21+,22?,28+,29-/m0/s1. The quantitative estimate of drug-likeness (QED) is 0.291. The molecule has 2 N–H and O–H groups in total. The van der Waals surface area contributed by atoms with E-state index >= 15 is 0 Å². The summed E-state index contributed by atoms with van der Waals surface area (Å²) in [5.41, 5.74) is 4.10. The zero-order valence-corrected chi connectivity index (χ0v) is 25.1. The second-order valence-electron chi connectivity index (χ2n) is 11.6. The van der Waals surface area contributed by atoms with Crippen LogP contribution in [-0.2, 0) is 25.5 Å². The van der Waals surface area contributed by atoms with Crippen LogP contribution in [0.1, 0.15) is 57.6 Å². The van der Waals surface area contributed by atoms with E-state index < -0.39 is 47.3 Å². The summed E-state index contributed by atoms with van der Waals surface area (Å²) in [6.45, 7) is 4.63. The molecule has 43 heavy (non-hydrogen) atoms. The number of aliphatic hydroxyl groups excluding tert-OH is 1. The number of fused-ring (bicyclic) bond motifs is 9. The molecule has 5 heterocycles. The average Bonchev–Trinajstić information content (AvgIpc) is 3.45. The number of hydrogen-bond acceptors (Lipinski definition) is 13. The van der Waals surface area contributed by atoms with Crippen molar-refractivity contribution in [1.82, 2.24) is 9.80 Å². The Morgan fingerprint density at radius 1 is 1.09 bits per heavy atom. The number of benzene rings is 2. The van der Waals surface area contributed by atoms with Crippen LogP contribution in [0, 0.1) is 13.8 Å².